The van der Waals surface area contributed by atoms with Gasteiger partial charge in [0.05, 0.1) is 19.7 Å². The molecular weight excluding hydrogens is 276 g/mol. The second kappa shape index (κ2) is 7.63. The summed E-state index contributed by atoms with van der Waals surface area (Å²) >= 11 is 0. The summed E-state index contributed by atoms with van der Waals surface area (Å²) < 4.78 is 5.36. The molecule has 1 heterocycles. The Morgan fingerprint density at radius 1 is 1.32 bits per heavy atom. The van der Waals surface area contributed by atoms with Crippen LogP contribution in [0.15, 0.2) is 24.3 Å². The summed E-state index contributed by atoms with van der Waals surface area (Å²) in [7, 11) is 1.66. The summed E-state index contributed by atoms with van der Waals surface area (Å²) in [6, 6.07) is 7.77. The van der Waals surface area contributed by atoms with Crippen molar-refractivity contribution in [1.82, 2.24) is 10.2 Å². The van der Waals surface area contributed by atoms with E-state index >= 15 is 0 Å². The van der Waals surface area contributed by atoms with E-state index in [1.165, 1.54) is 6.42 Å². The first-order valence-electron chi connectivity index (χ1n) is 8.14. The van der Waals surface area contributed by atoms with Crippen LogP contribution < -0.4 is 10.1 Å². The van der Waals surface area contributed by atoms with Gasteiger partial charge in [0.2, 0.25) is 5.91 Å². The second-order valence-electron chi connectivity index (χ2n) is 6.67. The fourth-order valence-electron chi connectivity index (χ4n) is 3.51. The first-order valence-corrected chi connectivity index (χ1v) is 8.14. The quantitative estimate of drug-likeness (QED) is 0.909. The zero-order valence-corrected chi connectivity index (χ0v) is 14.1. The minimum atomic E-state index is -0.0525. The number of carbonyl (C=O) groups excluding carboxylic acids is 1. The first-order chi connectivity index (χ1) is 10.5. The van der Waals surface area contributed by atoms with E-state index in [1.807, 2.05) is 31.2 Å². The largest absolute Gasteiger partial charge is 0.496 e. The highest BCUT2D eigenvalue weighted by atomic mass is 16.5. The predicted molar refractivity (Wildman–Crippen MR) is 88.9 cm³/mol. The van der Waals surface area contributed by atoms with E-state index in [2.05, 4.69) is 24.1 Å². The van der Waals surface area contributed by atoms with Gasteiger partial charge in [-0.2, -0.15) is 0 Å². The maximum absolute atomic E-state index is 12.3. The Labute approximate surface area is 133 Å². The van der Waals surface area contributed by atoms with Crippen LogP contribution in [0.4, 0.5) is 0 Å². The van der Waals surface area contributed by atoms with Crippen LogP contribution in [0.1, 0.15) is 38.8 Å². The molecule has 1 N–H and O–H groups in total. The van der Waals surface area contributed by atoms with Gasteiger partial charge in [0.15, 0.2) is 0 Å². The third-order valence-electron chi connectivity index (χ3n) is 4.29. The molecule has 1 aromatic rings. The van der Waals surface area contributed by atoms with Gasteiger partial charge < -0.3 is 10.1 Å². The summed E-state index contributed by atoms with van der Waals surface area (Å²) in [4.78, 5) is 14.6. The highest BCUT2D eigenvalue weighted by molar-refractivity contribution is 5.78. The Morgan fingerprint density at radius 2 is 1.95 bits per heavy atom. The smallest absolute Gasteiger partial charge is 0.234 e. The maximum atomic E-state index is 12.3. The maximum Gasteiger partial charge on any atom is 0.234 e. The number of amides is 1. The van der Waals surface area contributed by atoms with E-state index in [-0.39, 0.29) is 11.9 Å². The molecule has 4 heteroatoms. The van der Waals surface area contributed by atoms with Gasteiger partial charge >= 0.3 is 0 Å². The van der Waals surface area contributed by atoms with Gasteiger partial charge in [-0.1, -0.05) is 32.0 Å². The Kier molecular flexibility index (Phi) is 5.83. The highest BCUT2D eigenvalue weighted by Crippen LogP contribution is 2.24. The number of piperidine rings is 1. The van der Waals surface area contributed by atoms with Gasteiger partial charge in [0.1, 0.15) is 5.75 Å². The number of nitrogens with zero attached hydrogens (tertiary/aromatic N) is 1. The van der Waals surface area contributed by atoms with Crippen molar-refractivity contribution in [3.8, 4) is 5.75 Å². The molecule has 2 rings (SSSR count). The molecule has 1 saturated heterocycles. The van der Waals surface area contributed by atoms with Crippen molar-refractivity contribution in [1.29, 1.82) is 0 Å². The van der Waals surface area contributed by atoms with E-state index in [9.17, 15) is 4.79 Å². The van der Waals surface area contributed by atoms with E-state index in [1.54, 1.807) is 7.11 Å². The molecule has 22 heavy (non-hydrogen) atoms. The predicted octanol–water partition coefficient (Wildman–Crippen LogP) is 2.85. The second-order valence-corrected chi connectivity index (χ2v) is 6.67. The lowest BCUT2D eigenvalue weighted by Gasteiger charge is -2.34. The van der Waals surface area contributed by atoms with Crippen LogP contribution >= 0.6 is 0 Å². The fraction of sp³-hybridized carbons (Fsp3) is 0.611. The van der Waals surface area contributed by atoms with Gasteiger partial charge in [-0.25, -0.2) is 0 Å². The molecule has 0 saturated carbocycles. The molecule has 122 valence electrons. The molecule has 3 unspecified atom stereocenters. The number of benzene rings is 1. The summed E-state index contributed by atoms with van der Waals surface area (Å²) in [5.41, 5.74) is 1.01. The average Bonchev–Trinajstić information content (AvgIpc) is 2.45. The van der Waals surface area contributed by atoms with Gasteiger partial charge in [-0.15, -0.1) is 0 Å². The van der Waals surface area contributed by atoms with Crippen LogP contribution in [0.25, 0.3) is 0 Å². The zero-order chi connectivity index (χ0) is 16.1. The van der Waals surface area contributed by atoms with Crippen LogP contribution in [0.3, 0.4) is 0 Å². The molecule has 0 aromatic heterocycles. The third kappa shape index (κ3) is 4.47. The number of carbonyl (C=O) groups is 1. The van der Waals surface area contributed by atoms with Crippen LogP contribution in [0.2, 0.25) is 0 Å². The van der Waals surface area contributed by atoms with E-state index < -0.39 is 0 Å². The van der Waals surface area contributed by atoms with Crippen molar-refractivity contribution in [2.45, 2.75) is 33.2 Å². The number of hydrogen-bond donors (Lipinski definition) is 1. The monoisotopic (exact) mass is 304 g/mol. The summed E-state index contributed by atoms with van der Waals surface area (Å²) in [5.74, 6) is 2.24. The fourth-order valence-corrected chi connectivity index (χ4v) is 3.51. The topological polar surface area (TPSA) is 41.6 Å². The molecule has 1 aliphatic heterocycles. The number of hydrogen-bond acceptors (Lipinski definition) is 3. The van der Waals surface area contributed by atoms with E-state index in [0.29, 0.717) is 18.4 Å². The van der Waals surface area contributed by atoms with Crippen LogP contribution in [0.5, 0.6) is 5.75 Å². The average molecular weight is 304 g/mol. The molecule has 1 aliphatic rings. The van der Waals surface area contributed by atoms with Crippen LogP contribution in [-0.4, -0.2) is 37.6 Å². The number of ether oxygens (including phenoxy) is 1. The zero-order valence-electron chi connectivity index (χ0n) is 14.1. The van der Waals surface area contributed by atoms with Crippen LogP contribution in [0, 0.1) is 11.8 Å². The molecule has 1 aromatic carbocycles. The van der Waals surface area contributed by atoms with Crippen molar-refractivity contribution in [2.75, 3.05) is 26.7 Å². The Balaban J connectivity index is 1.91. The highest BCUT2D eigenvalue weighted by Gasteiger charge is 2.24. The molecule has 0 bridgehead atoms. The molecule has 3 atom stereocenters. The normalized spacial score (nSPS) is 23.8. The Hall–Kier alpha value is -1.55. The minimum absolute atomic E-state index is 0.0525. The molecule has 0 aliphatic carbocycles. The van der Waals surface area contributed by atoms with Gasteiger partial charge in [-0.3, -0.25) is 9.69 Å². The number of para-hydroxylation sites is 1. The molecule has 4 nitrogen and oxygen atoms in total. The Morgan fingerprint density at radius 3 is 2.59 bits per heavy atom. The number of likely N-dealkylation sites (tertiary alicyclic amines) is 1. The van der Waals surface area contributed by atoms with Crippen LogP contribution in [-0.2, 0) is 4.79 Å². The molecule has 0 spiro atoms. The van der Waals surface area contributed by atoms with Crippen molar-refractivity contribution in [3.05, 3.63) is 29.8 Å². The minimum Gasteiger partial charge on any atom is -0.496 e. The van der Waals surface area contributed by atoms with Crippen molar-refractivity contribution < 1.29 is 9.53 Å². The standard InChI is InChI=1S/C18H28N2O2/c1-13-9-14(2)11-20(10-13)12-18(21)19-15(3)16-7-5-6-8-17(16)22-4/h5-8,13-15H,9-12H2,1-4H3,(H,19,21). The molecule has 1 fully saturated rings. The number of methoxy groups -OCH3 is 1. The summed E-state index contributed by atoms with van der Waals surface area (Å²) in [5, 5.41) is 3.09. The lowest BCUT2D eigenvalue weighted by atomic mass is 9.92. The number of rotatable bonds is 5. The SMILES string of the molecule is COc1ccccc1C(C)NC(=O)CN1CC(C)CC(C)C1. The Bertz CT molecular complexity index is 494. The third-order valence-corrected chi connectivity index (χ3v) is 4.29. The van der Waals surface area contributed by atoms with Gasteiger partial charge in [0, 0.05) is 18.7 Å². The molecule has 0 radical (unpaired) electrons. The van der Waals surface area contributed by atoms with Crippen molar-refractivity contribution in [2.24, 2.45) is 11.8 Å². The lowest BCUT2D eigenvalue weighted by Crippen LogP contribution is -2.44. The van der Waals surface area contributed by atoms with E-state index in [0.717, 1.165) is 24.4 Å². The van der Waals surface area contributed by atoms with Gasteiger partial charge in [-0.05, 0) is 31.2 Å². The summed E-state index contributed by atoms with van der Waals surface area (Å²) in [6.07, 6.45) is 1.26. The van der Waals surface area contributed by atoms with Crippen molar-refractivity contribution >= 4 is 5.91 Å². The lowest BCUT2D eigenvalue weighted by molar-refractivity contribution is -0.123. The van der Waals surface area contributed by atoms with E-state index in [4.69, 9.17) is 4.74 Å². The molecule has 1 amide bonds. The summed E-state index contributed by atoms with van der Waals surface area (Å²) in [6.45, 7) is 9.03. The van der Waals surface area contributed by atoms with Gasteiger partial charge in [0.25, 0.3) is 0 Å². The molecular formula is C18H28N2O2. The van der Waals surface area contributed by atoms with Crippen molar-refractivity contribution in [3.63, 3.8) is 0 Å². The number of nitrogens with one attached hydrogen (secondary N) is 1. The first kappa shape index (κ1) is 16.8.